The van der Waals surface area contributed by atoms with E-state index in [0.717, 1.165) is 37.0 Å². The summed E-state index contributed by atoms with van der Waals surface area (Å²) in [5.74, 6) is 0. The van der Waals surface area contributed by atoms with E-state index in [9.17, 15) is 8.42 Å². The van der Waals surface area contributed by atoms with Crippen LogP contribution in [-0.4, -0.2) is 26.5 Å². The van der Waals surface area contributed by atoms with Gasteiger partial charge in [-0.1, -0.05) is 31.4 Å². The molecule has 0 radical (unpaired) electrons. The van der Waals surface area contributed by atoms with Crippen molar-refractivity contribution in [2.45, 2.75) is 50.2 Å². The van der Waals surface area contributed by atoms with Gasteiger partial charge < -0.3 is 0 Å². The highest BCUT2D eigenvalue weighted by Crippen LogP contribution is 2.27. The van der Waals surface area contributed by atoms with Gasteiger partial charge in [0.25, 0.3) is 0 Å². The Labute approximate surface area is 117 Å². The third-order valence-electron chi connectivity index (χ3n) is 3.75. The minimum Gasteiger partial charge on any atom is -0.208 e. The monoisotopic (exact) mass is 299 g/mol. The molecule has 1 fully saturated rings. The molecular formula is C12H17N3O2S2. The summed E-state index contributed by atoms with van der Waals surface area (Å²) < 4.78 is 36.2. The van der Waals surface area contributed by atoms with Gasteiger partial charge in [0.05, 0.1) is 16.3 Å². The minimum atomic E-state index is -3.44. The predicted molar refractivity (Wildman–Crippen MR) is 75.9 cm³/mol. The Bertz CT molecular complexity index is 582. The standard InChI is InChI=1S/C12H17N3O2S2/c16-19(17,15-9-5-2-1-3-6-9)11-8-4-7-10-12(11)14-18-13-10/h4,7-10,12,15H,1-3,5-6H2/t10-,12+/m1/s1. The maximum absolute atomic E-state index is 12.5. The average Bonchev–Trinajstić information content (AvgIpc) is 2.87. The maximum Gasteiger partial charge on any atom is 0.239 e. The quantitative estimate of drug-likeness (QED) is 0.864. The van der Waals surface area contributed by atoms with Gasteiger partial charge in [-0.15, -0.1) is 0 Å². The molecule has 1 aliphatic heterocycles. The Kier molecular flexibility index (Phi) is 3.68. The van der Waals surface area contributed by atoms with E-state index in [0.29, 0.717) is 4.91 Å². The highest BCUT2D eigenvalue weighted by molar-refractivity contribution is 7.93. The van der Waals surface area contributed by atoms with E-state index in [1.54, 1.807) is 12.2 Å². The number of nitrogens with one attached hydrogen (secondary N) is 1. The van der Waals surface area contributed by atoms with E-state index < -0.39 is 10.0 Å². The zero-order valence-corrected chi connectivity index (χ0v) is 12.2. The first-order chi connectivity index (χ1) is 9.17. The van der Waals surface area contributed by atoms with Crippen LogP contribution in [0.1, 0.15) is 32.1 Å². The first-order valence-corrected chi connectivity index (χ1v) is 8.85. The molecule has 2 atom stereocenters. The number of allylic oxidation sites excluding steroid dienone is 2. The van der Waals surface area contributed by atoms with Crippen molar-refractivity contribution in [2.24, 2.45) is 8.73 Å². The number of fused-ring (bicyclic) bond motifs is 1. The van der Waals surface area contributed by atoms with Gasteiger partial charge in [-0.05, 0) is 18.9 Å². The second-order valence-corrected chi connectivity index (χ2v) is 7.44. The summed E-state index contributed by atoms with van der Waals surface area (Å²) in [4.78, 5) is 0.360. The lowest BCUT2D eigenvalue weighted by Gasteiger charge is -2.25. The highest BCUT2D eigenvalue weighted by Gasteiger charge is 2.35. The molecule has 0 spiro atoms. The van der Waals surface area contributed by atoms with E-state index in [1.165, 1.54) is 6.42 Å². The molecule has 1 heterocycles. The molecule has 0 aromatic carbocycles. The maximum atomic E-state index is 12.5. The van der Waals surface area contributed by atoms with Crippen LogP contribution < -0.4 is 4.72 Å². The Morgan fingerprint density at radius 3 is 2.79 bits per heavy atom. The second kappa shape index (κ2) is 5.30. The molecule has 1 saturated carbocycles. The van der Waals surface area contributed by atoms with Gasteiger partial charge in [0.2, 0.25) is 10.0 Å². The van der Waals surface area contributed by atoms with Gasteiger partial charge in [0.15, 0.2) is 0 Å². The Hall–Kier alpha value is -0.790. The first-order valence-electron chi connectivity index (χ1n) is 6.64. The lowest BCUT2D eigenvalue weighted by molar-refractivity contribution is 0.412. The fourth-order valence-corrected chi connectivity index (χ4v) is 5.07. The van der Waals surface area contributed by atoms with Gasteiger partial charge in [-0.25, -0.2) is 21.9 Å². The van der Waals surface area contributed by atoms with Crippen LogP contribution in [0, 0.1) is 0 Å². The summed E-state index contributed by atoms with van der Waals surface area (Å²) in [5.41, 5.74) is 0. The zero-order valence-electron chi connectivity index (χ0n) is 10.5. The fourth-order valence-electron chi connectivity index (χ4n) is 2.73. The summed E-state index contributed by atoms with van der Waals surface area (Å²) in [6.07, 6.45) is 10.6. The SMILES string of the molecule is O=S(=O)(NC1CCCCC1)C1=CC=C[C@H]2N=S=N[C@H]12. The minimum absolute atomic E-state index is 0.0787. The highest BCUT2D eigenvalue weighted by atomic mass is 32.2. The van der Waals surface area contributed by atoms with Crippen LogP contribution in [0.25, 0.3) is 0 Å². The van der Waals surface area contributed by atoms with Gasteiger partial charge in [0, 0.05) is 6.04 Å². The van der Waals surface area contributed by atoms with Crippen LogP contribution in [0.2, 0.25) is 0 Å². The second-order valence-electron chi connectivity index (χ2n) is 5.14. The van der Waals surface area contributed by atoms with Gasteiger partial charge in [-0.3, -0.25) is 0 Å². The molecule has 3 rings (SSSR count). The normalized spacial score (nSPS) is 30.8. The summed E-state index contributed by atoms with van der Waals surface area (Å²) >= 11 is 1.11. The number of hydrogen-bond acceptors (Lipinski definition) is 4. The van der Waals surface area contributed by atoms with E-state index in [1.807, 2.05) is 6.08 Å². The van der Waals surface area contributed by atoms with Crippen molar-refractivity contribution >= 4 is 21.4 Å². The van der Waals surface area contributed by atoms with Crippen molar-refractivity contribution < 1.29 is 8.42 Å². The number of nitrogens with zero attached hydrogens (tertiary/aromatic N) is 2. The molecule has 0 amide bonds. The molecule has 0 aromatic heterocycles. The van der Waals surface area contributed by atoms with Gasteiger partial charge in [0.1, 0.15) is 12.1 Å². The van der Waals surface area contributed by atoms with E-state index in [-0.39, 0.29) is 18.1 Å². The third kappa shape index (κ3) is 2.73. The molecule has 3 aliphatic rings. The largest absolute Gasteiger partial charge is 0.239 e. The molecule has 0 aromatic rings. The Balaban J connectivity index is 1.78. The molecule has 1 N–H and O–H groups in total. The Morgan fingerprint density at radius 2 is 2.00 bits per heavy atom. The van der Waals surface area contributed by atoms with Crippen LogP contribution in [0.3, 0.4) is 0 Å². The first kappa shape index (κ1) is 13.2. The molecule has 7 heteroatoms. The summed E-state index contributed by atoms with van der Waals surface area (Å²) in [6, 6.07) is -0.404. The Morgan fingerprint density at radius 1 is 1.21 bits per heavy atom. The van der Waals surface area contributed by atoms with Crippen LogP contribution in [0.15, 0.2) is 31.9 Å². The topological polar surface area (TPSA) is 70.9 Å². The van der Waals surface area contributed by atoms with Crippen molar-refractivity contribution in [2.75, 3.05) is 0 Å². The number of rotatable bonds is 3. The van der Waals surface area contributed by atoms with Crippen LogP contribution in [-0.2, 0) is 21.4 Å². The molecule has 0 saturated heterocycles. The molecule has 19 heavy (non-hydrogen) atoms. The van der Waals surface area contributed by atoms with Gasteiger partial charge in [-0.2, -0.15) is 0 Å². The molecule has 0 bridgehead atoms. The number of hydrogen-bond donors (Lipinski definition) is 1. The predicted octanol–water partition coefficient (Wildman–Crippen LogP) is 1.89. The molecule has 2 aliphatic carbocycles. The summed E-state index contributed by atoms with van der Waals surface area (Å²) in [5, 5.41) is 0. The third-order valence-corrected chi connectivity index (χ3v) is 6.05. The summed E-state index contributed by atoms with van der Waals surface area (Å²) in [6.45, 7) is 0. The van der Waals surface area contributed by atoms with E-state index >= 15 is 0 Å². The van der Waals surface area contributed by atoms with Gasteiger partial charge >= 0.3 is 0 Å². The fraction of sp³-hybridized carbons (Fsp3) is 0.667. The van der Waals surface area contributed by atoms with Crippen molar-refractivity contribution in [3.05, 3.63) is 23.1 Å². The smallest absolute Gasteiger partial charge is 0.208 e. The molecular weight excluding hydrogens is 282 g/mol. The lowest BCUT2D eigenvalue weighted by Crippen LogP contribution is -2.40. The van der Waals surface area contributed by atoms with Crippen LogP contribution in [0.4, 0.5) is 0 Å². The number of sulfonamides is 1. The molecule has 5 nitrogen and oxygen atoms in total. The van der Waals surface area contributed by atoms with E-state index in [2.05, 4.69) is 13.4 Å². The van der Waals surface area contributed by atoms with Crippen molar-refractivity contribution in [3.8, 4) is 0 Å². The lowest BCUT2D eigenvalue weighted by atomic mass is 9.96. The molecule has 104 valence electrons. The zero-order chi connectivity index (χ0) is 13.3. The molecule has 0 unspecified atom stereocenters. The van der Waals surface area contributed by atoms with Crippen LogP contribution >= 0.6 is 0 Å². The van der Waals surface area contributed by atoms with Crippen LogP contribution in [0.5, 0.6) is 0 Å². The van der Waals surface area contributed by atoms with E-state index in [4.69, 9.17) is 0 Å². The van der Waals surface area contributed by atoms with Crippen molar-refractivity contribution in [1.82, 2.24) is 4.72 Å². The van der Waals surface area contributed by atoms with Crippen molar-refractivity contribution in [3.63, 3.8) is 0 Å². The average molecular weight is 299 g/mol. The van der Waals surface area contributed by atoms with Crippen molar-refractivity contribution in [1.29, 1.82) is 0 Å². The summed E-state index contributed by atoms with van der Waals surface area (Å²) in [7, 11) is -3.44.